The average Bonchev–Trinajstić information content (AvgIpc) is 2.96. The molecule has 0 aliphatic rings. The molecule has 7 N–H and O–H groups in total. The van der Waals surface area contributed by atoms with E-state index in [2.05, 4.69) is 16.0 Å². The molecule has 0 saturated heterocycles. The van der Waals surface area contributed by atoms with Crippen molar-refractivity contribution in [1.29, 1.82) is 0 Å². The molecule has 0 heterocycles. The molecule has 5 rings (SSSR count). The Hall–Kier alpha value is -5.04. The largest absolute Gasteiger partial charge is 0.505 e. The molecule has 0 bridgehead atoms. The van der Waals surface area contributed by atoms with Crippen LogP contribution in [0.5, 0.6) is 23.0 Å². The minimum Gasteiger partial charge on any atom is -0.505 e. The minimum atomic E-state index is -0.546. The van der Waals surface area contributed by atoms with Crippen LogP contribution in [0, 0.1) is 0 Å². The predicted molar refractivity (Wildman–Crippen MR) is 152 cm³/mol. The highest BCUT2D eigenvalue weighted by molar-refractivity contribution is 6.12. The maximum absolute atomic E-state index is 11.3. The third-order valence-electron chi connectivity index (χ3n) is 6.44. The van der Waals surface area contributed by atoms with Gasteiger partial charge in [0.05, 0.1) is 16.5 Å². The van der Waals surface area contributed by atoms with Crippen LogP contribution < -0.4 is 16.0 Å². The Kier molecular flexibility index (Phi) is 7.08. The topological polar surface area (TPSA) is 117 Å². The van der Waals surface area contributed by atoms with Crippen molar-refractivity contribution in [2.45, 2.75) is 19.6 Å². The molecule has 0 amide bonds. The highest BCUT2D eigenvalue weighted by Crippen LogP contribution is 2.54. The summed E-state index contributed by atoms with van der Waals surface area (Å²) >= 11 is 0. The first-order chi connectivity index (χ1) is 18.5. The van der Waals surface area contributed by atoms with Crippen LogP contribution in [0.1, 0.15) is 16.7 Å². The lowest BCUT2D eigenvalue weighted by atomic mass is 10.0. The van der Waals surface area contributed by atoms with Gasteiger partial charge in [0.15, 0.2) is 23.0 Å². The molecule has 7 heteroatoms. The van der Waals surface area contributed by atoms with E-state index in [4.69, 9.17) is 0 Å². The first-order valence-electron chi connectivity index (χ1n) is 12.3. The number of nitrogens with one attached hydrogen (secondary N) is 3. The molecule has 0 saturated carbocycles. The number of phenols is 4. The number of anilines is 3. The lowest BCUT2D eigenvalue weighted by molar-refractivity contribution is 0.401. The van der Waals surface area contributed by atoms with Gasteiger partial charge in [-0.15, -0.1) is 0 Å². The van der Waals surface area contributed by atoms with Crippen LogP contribution in [0.15, 0.2) is 97.1 Å². The number of rotatable bonds is 9. The second-order valence-corrected chi connectivity index (χ2v) is 9.01. The zero-order valence-corrected chi connectivity index (χ0v) is 20.6. The Morgan fingerprint density at radius 1 is 0.421 bits per heavy atom. The highest BCUT2D eigenvalue weighted by Gasteiger charge is 2.25. The van der Waals surface area contributed by atoms with E-state index in [1.165, 1.54) is 0 Å². The van der Waals surface area contributed by atoms with E-state index in [0.29, 0.717) is 31.0 Å². The van der Waals surface area contributed by atoms with Crippen LogP contribution in [-0.4, -0.2) is 20.4 Å². The molecule has 0 radical (unpaired) electrons. The number of phenolic OH excluding ortho intramolecular Hbond substituents is 4. The molecule has 0 spiro atoms. The zero-order valence-electron chi connectivity index (χ0n) is 20.6. The highest BCUT2D eigenvalue weighted by atomic mass is 16.3. The second-order valence-electron chi connectivity index (χ2n) is 9.01. The first kappa shape index (κ1) is 24.6. The molecule has 5 aromatic rings. The SMILES string of the molecule is Oc1c(NCc2ccccc2)c(O)c2c(NCc3ccccc3)cc(NCc3ccccc3)c(O)c2c1O. The van der Waals surface area contributed by atoms with E-state index in [9.17, 15) is 20.4 Å². The maximum atomic E-state index is 11.3. The summed E-state index contributed by atoms with van der Waals surface area (Å²) in [4.78, 5) is 0. The van der Waals surface area contributed by atoms with Crippen molar-refractivity contribution in [3.05, 3.63) is 114 Å². The van der Waals surface area contributed by atoms with Gasteiger partial charge in [-0.05, 0) is 22.8 Å². The summed E-state index contributed by atoms with van der Waals surface area (Å²) in [6.07, 6.45) is 0. The minimum absolute atomic E-state index is 0.0222. The van der Waals surface area contributed by atoms with Crippen molar-refractivity contribution >= 4 is 27.8 Å². The van der Waals surface area contributed by atoms with Crippen LogP contribution in [0.4, 0.5) is 17.1 Å². The number of fused-ring (bicyclic) bond motifs is 1. The van der Waals surface area contributed by atoms with Gasteiger partial charge in [-0.25, -0.2) is 0 Å². The Bertz CT molecular complexity index is 1540. The molecule has 7 nitrogen and oxygen atoms in total. The number of hydrogen-bond donors (Lipinski definition) is 7. The van der Waals surface area contributed by atoms with Gasteiger partial charge in [-0.1, -0.05) is 91.0 Å². The van der Waals surface area contributed by atoms with E-state index in [0.717, 1.165) is 16.7 Å². The fourth-order valence-electron chi connectivity index (χ4n) is 4.44. The fraction of sp³-hybridized carbons (Fsp3) is 0.0968. The second kappa shape index (κ2) is 10.9. The third kappa shape index (κ3) is 5.08. The molecule has 38 heavy (non-hydrogen) atoms. The van der Waals surface area contributed by atoms with E-state index in [1.807, 2.05) is 91.0 Å². The van der Waals surface area contributed by atoms with Gasteiger partial charge in [0.25, 0.3) is 0 Å². The van der Waals surface area contributed by atoms with Gasteiger partial charge in [-0.2, -0.15) is 0 Å². The molecule has 0 unspecified atom stereocenters. The van der Waals surface area contributed by atoms with Gasteiger partial charge in [0.2, 0.25) is 0 Å². The lowest BCUT2D eigenvalue weighted by Crippen LogP contribution is -2.05. The summed E-state index contributed by atoms with van der Waals surface area (Å²) in [6.45, 7) is 1.17. The van der Waals surface area contributed by atoms with Gasteiger partial charge >= 0.3 is 0 Å². The third-order valence-corrected chi connectivity index (χ3v) is 6.44. The summed E-state index contributed by atoms with van der Waals surface area (Å²) < 4.78 is 0. The summed E-state index contributed by atoms with van der Waals surface area (Å²) in [5, 5.41) is 54.1. The Balaban J connectivity index is 1.58. The monoisotopic (exact) mass is 507 g/mol. The van der Waals surface area contributed by atoms with Crippen LogP contribution in [0.3, 0.4) is 0 Å². The molecule has 0 aliphatic heterocycles. The van der Waals surface area contributed by atoms with Crippen LogP contribution in [-0.2, 0) is 19.6 Å². The van der Waals surface area contributed by atoms with Crippen LogP contribution in [0.25, 0.3) is 10.8 Å². The van der Waals surface area contributed by atoms with Crippen molar-refractivity contribution in [2.75, 3.05) is 16.0 Å². The first-order valence-corrected chi connectivity index (χ1v) is 12.3. The molecular formula is C31H29N3O4. The van der Waals surface area contributed by atoms with Crippen molar-refractivity contribution in [2.24, 2.45) is 0 Å². The summed E-state index contributed by atoms with van der Waals surface area (Å²) in [6, 6.07) is 30.6. The standard InChI is InChI=1S/C31H29N3O4/c35-28-24(33-18-21-12-6-2-7-13-21)16-23(32-17-20-10-4-1-5-11-20)25-26(28)30(37)31(38)27(29(25)36)34-19-22-14-8-3-9-15-22/h1-16,32-38H,17-19H2. The number of hydrogen-bond acceptors (Lipinski definition) is 7. The van der Waals surface area contributed by atoms with Gasteiger partial charge in [0, 0.05) is 25.3 Å². The summed E-state index contributed by atoms with van der Waals surface area (Å²) in [5.74, 6) is -1.64. The Morgan fingerprint density at radius 2 is 0.868 bits per heavy atom. The van der Waals surface area contributed by atoms with E-state index < -0.39 is 11.5 Å². The smallest absolute Gasteiger partial charge is 0.185 e. The quantitative estimate of drug-likeness (QED) is 0.0899. The van der Waals surface area contributed by atoms with Crippen molar-refractivity contribution in [3.8, 4) is 23.0 Å². The van der Waals surface area contributed by atoms with E-state index >= 15 is 0 Å². The maximum Gasteiger partial charge on any atom is 0.185 e. The molecule has 0 aromatic heterocycles. The molecule has 0 atom stereocenters. The van der Waals surface area contributed by atoms with Crippen LogP contribution in [0.2, 0.25) is 0 Å². The molecule has 0 aliphatic carbocycles. The molecule has 0 fully saturated rings. The van der Waals surface area contributed by atoms with Crippen molar-refractivity contribution < 1.29 is 20.4 Å². The van der Waals surface area contributed by atoms with Crippen molar-refractivity contribution in [1.82, 2.24) is 0 Å². The van der Waals surface area contributed by atoms with Crippen LogP contribution >= 0.6 is 0 Å². The number of benzene rings is 5. The summed E-state index contributed by atoms with van der Waals surface area (Å²) in [7, 11) is 0. The van der Waals surface area contributed by atoms with E-state index in [-0.39, 0.29) is 28.0 Å². The lowest BCUT2D eigenvalue weighted by Gasteiger charge is -2.21. The van der Waals surface area contributed by atoms with E-state index in [1.54, 1.807) is 6.07 Å². The summed E-state index contributed by atoms with van der Waals surface area (Å²) in [5.41, 5.74) is 3.74. The Morgan fingerprint density at radius 3 is 1.37 bits per heavy atom. The number of aromatic hydroxyl groups is 4. The zero-order chi connectivity index (χ0) is 26.5. The van der Waals surface area contributed by atoms with Gasteiger partial charge < -0.3 is 36.4 Å². The molecule has 192 valence electrons. The van der Waals surface area contributed by atoms with Crippen molar-refractivity contribution in [3.63, 3.8) is 0 Å². The predicted octanol–water partition coefficient (Wildman–Crippen LogP) is 6.50. The van der Waals surface area contributed by atoms with Gasteiger partial charge in [0.1, 0.15) is 5.69 Å². The average molecular weight is 508 g/mol. The molecular weight excluding hydrogens is 478 g/mol. The molecule has 5 aromatic carbocycles. The normalized spacial score (nSPS) is 10.8. The van der Waals surface area contributed by atoms with Gasteiger partial charge in [-0.3, -0.25) is 0 Å². The Labute approximate surface area is 220 Å². The fourth-order valence-corrected chi connectivity index (χ4v) is 4.44.